The van der Waals surface area contributed by atoms with E-state index < -0.39 is 6.04 Å². The minimum absolute atomic E-state index is 0.0994. The van der Waals surface area contributed by atoms with Crippen molar-refractivity contribution in [3.05, 3.63) is 95.6 Å². The summed E-state index contributed by atoms with van der Waals surface area (Å²) in [7, 11) is 0. The number of fused-ring (bicyclic) bond motifs is 1. The van der Waals surface area contributed by atoms with Crippen LogP contribution in [0, 0.1) is 0 Å². The molecule has 0 fully saturated rings. The smallest absolute Gasteiger partial charge is 0.255 e. The van der Waals surface area contributed by atoms with Gasteiger partial charge < -0.3 is 15.0 Å². The fourth-order valence-electron chi connectivity index (χ4n) is 4.03. The molecule has 0 spiro atoms. The van der Waals surface area contributed by atoms with Gasteiger partial charge in [-0.1, -0.05) is 67.9 Å². The Labute approximate surface area is 189 Å². The molecule has 3 aromatic rings. The van der Waals surface area contributed by atoms with Gasteiger partial charge in [0, 0.05) is 18.7 Å². The highest BCUT2D eigenvalue weighted by Crippen LogP contribution is 2.34. The van der Waals surface area contributed by atoms with Crippen molar-refractivity contribution in [1.29, 1.82) is 0 Å². The normalized spacial score (nSPS) is 14.8. The second kappa shape index (κ2) is 10.1. The zero-order valence-electron chi connectivity index (χ0n) is 18.3. The number of hydrogen-bond acceptors (Lipinski definition) is 3. The Hall–Kier alpha value is -3.60. The molecule has 32 heavy (non-hydrogen) atoms. The zero-order chi connectivity index (χ0) is 22.3. The topological polar surface area (TPSA) is 58.6 Å². The Kier molecular flexibility index (Phi) is 6.85. The first-order valence-electron chi connectivity index (χ1n) is 11.2. The first-order chi connectivity index (χ1) is 15.7. The number of benzene rings is 3. The number of amides is 2. The second-order valence-corrected chi connectivity index (χ2v) is 7.91. The molecule has 3 aromatic carbocycles. The van der Waals surface area contributed by atoms with Gasteiger partial charge in [0.1, 0.15) is 17.5 Å². The number of nitrogens with zero attached hydrogens (tertiary/aromatic N) is 1. The van der Waals surface area contributed by atoms with Crippen LogP contribution in [0.5, 0.6) is 11.5 Å². The van der Waals surface area contributed by atoms with E-state index in [1.54, 1.807) is 11.0 Å². The van der Waals surface area contributed by atoms with E-state index in [0.29, 0.717) is 25.1 Å². The lowest BCUT2D eigenvalue weighted by molar-refractivity contribution is -0.125. The van der Waals surface area contributed by atoms with Crippen LogP contribution in [0.4, 0.5) is 0 Å². The van der Waals surface area contributed by atoms with Crippen molar-refractivity contribution in [2.45, 2.75) is 32.2 Å². The number of ether oxygens (including phenoxy) is 1. The highest BCUT2D eigenvalue weighted by molar-refractivity contribution is 6.04. The lowest BCUT2D eigenvalue weighted by Crippen LogP contribution is -2.40. The standard InChI is InChI=1S/C27H28N2O3/c1-2-3-18-28-26(30)25-22-14-8-9-15-23(22)27(31)29(25)19-17-20-11-7-10-16-24(20)32-21-12-5-4-6-13-21/h4-16,25H,2-3,17-19H2,1H3,(H,28,30). The third-order valence-corrected chi connectivity index (χ3v) is 5.70. The van der Waals surface area contributed by atoms with Gasteiger partial charge in [0.25, 0.3) is 5.91 Å². The zero-order valence-corrected chi connectivity index (χ0v) is 18.3. The first-order valence-corrected chi connectivity index (χ1v) is 11.2. The van der Waals surface area contributed by atoms with Gasteiger partial charge in [-0.25, -0.2) is 0 Å². The summed E-state index contributed by atoms with van der Waals surface area (Å²) in [5.41, 5.74) is 2.38. The Morgan fingerprint density at radius 1 is 0.969 bits per heavy atom. The molecule has 164 valence electrons. The molecule has 1 aliphatic rings. The summed E-state index contributed by atoms with van der Waals surface area (Å²) in [6.45, 7) is 3.13. The molecule has 4 rings (SSSR count). The summed E-state index contributed by atoms with van der Waals surface area (Å²) in [5, 5.41) is 3.00. The molecule has 1 N–H and O–H groups in total. The van der Waals surface area contributed by atoms with Crippen molar-refractivity contribution in [2.24, 2.45) is 0 Å². The van der Waals surface area contributed by atoms with Gasteiger partial charge in [-0.2, -0.15) is 0 Å². The molecule has 0 aliphatic carbocycles. The van der Waals surface area contributed by atoms with Gasteiger partial charge in [0.2, 0.25) is 5.91 Å². The maximum absolute atomic E-state index is 13.2. The Bertz CT molecular complexity index is 1080. The highest BCUT2D eigenvalue weighted by Gasteiger charge is 2.40. The van der Waals surface area contributed by atoms with E-state index in [1.165, 1.54) is 0 Å². The van der Waals surface area contributed by atoms with Gasteiger partial charge in [-0.3, -0.25) is 9.59 Å². The van der Waals surface area contributed by atoms with Crippen LogP contribution in [0.25, 0.3) is 0 Å². The van der Waals surface area contributed by atoms with E-state index in [0.717, 1.165) is 35.5 Å². The third kappa shape index (κ3) is 4.67. The number of rotatable bonds is 9. The molecule has 0 saturated heterocycles. The van der Waals surface area contributed by atoms with Crippen molar-refractivity contribution in [3.63, 3.8) is 0 Å². The largest absolute Gasteiger partial charge is 0.457 e. The summed E-state index contributed by atoms with van der Waals surface area (Å²) in [6, 6.07) is 24.3. The molecular formula is C27H28N2O3. The highest BCUT2D eigenvalue weighted by atomic mass is 16.5. The molecule has 5 nitrogen and oxygen atoms in total. The first kappa shape index (κ1) is 21.6. The van der Waals surface area contributed by atoms with Crippen molar-refractivity contribution < 1.29 is 14.3 Å². The van der Waals surface area contributed by atoms with E-state index in [2.05, 4.69) is 12.2 Å². The van der Waals surface area contributed by atoms with Crippen LogP contribution in [0.15, 0.2) is 78.9 Å². The van der Waals surface area contributed by atoms with Crippen LogP contribution >= 0.6 is 0 Å². The number of carbonyl (C=O) groups excluding carboxylic acids is 2. The lowest BCUT2D eigenvalue weighted by Gasteiger charge is -2.25. The molecule has 0 saturated carbocycles. The number of unbranched alkanes of at least 4 members (excludes halogenated alkanes) is 1. The lowest BCUT2D eigenvalue weighted by atomic mass is 10.0. The summed E-state index contributed by atoms with van der Waals surface area (Å²) in [6.07, 6.45) is 2.50. The van der Waals surface area contributed by atoms with E-state index in [9.17, 15) is 9.59 Å². The fourth-order valence-corrected chi connectivity index (χ4v) is 4.03. The van der Waals surface area contributed by atoms with Crippen LogP contribution in [-0.4, -0.2) is 29.8 Å². The third-order valence-electron chi connectivity index (χ3n) is 5.70. The van der Waals surface area contributed by atoms with Crippen LogP contribution < -0.4 is 10.1 Å². The Morgan fingerprint density at radius 2 is 1.69 bits per heavy atom. The number of carbonyl (C=O) groups is 2. The summed E-state index contributed by atoms with van der Waals surface area (Å²) in [5.74, 6) is 1.30. The van der Waals surface area contributed by atoms with Crippen molar-refractivity contribution >= 4 is 11.8 Å². The molecular weight excluding hydrogens is 400 g/mol. The van der Waals surface area contributed by atoms with Gasteiger partial charge in [-0.05, 0) is 48.2 Å². The minimum Gasteiger partial charge on any atom is -0.457 e. The summed E-state index contributed by atoms with van der Waals surface area (Å²) in [4.78, 5) is 27.9. The van der Waals surface area contributed by atoms with Gasteiger partial charge >= 0.3 is 0 Å². The molecule has 1 unspecified atom stereocenters. The van der Waals surface area contributed by atoms with Crippen molar-refractivity contribution in [1.82, 2.24) is 10.2 Å². The molecule has 0 radical (unpaired) electrons. The van der Waals surface area contributed by atoms with Crippen LogP contribution in [0.1, 0.15) is 47.3 Å². The Balaban J connectivity index is 1.53. The van der Waals surface area contributed by atoms with Crippen LogP contribution in [0.3, 0.4) is 0 Å². The maximum atomic E-state index is 13.2. The molecule has 2 amide bonds. The predicted molar refractivity (Wildman–Crippen MR) is 125 cm³/mol. The monoisotopic (exact) mass is 428 g/mol. The molecule has 1 aliphatic heterocycles. The summed E-state index contributed by atoms with van der Waals surface area (Å²) < 4.78 is 6.07. The molecule has 0 aromatic heterocycles. The second-order valence-electron chi connectivity index (χ2n) is 7.91. The maximum Gasteiger partial charge on any atom is 0.255 e. The van der Waals surface area contributed by atoms with Crippen molar-refractivity contribution in [2.75, 3.05) is 13.1 Å². The SMILES string of the molecule is CCCCNC(=O)C1c2ccccc2C(=O)N1CCc1ccccc1Oc1ccccc1. The molecule has 5 heteroatoms. The van der Waals surface area contributed by atoms with Crippen molar-refractivity contribution in [3.8, 4) is 11.5 Å². The number of hydrogen-bond donors (Lipinski definition) is 1. The minimum atomic E-state index is -0.599. The van der Waals surface area contributed by atoms with Crippen LogP contribution in [-0.2, 0) is 11.2 Å². The average Bonchev–Trinajstić information content (AvgIpc) is 3.11. The quantitative estimate of drug-likeness (QED) is 0.481. The predicted octanol–water partition coefficient (Wildman–Crippen LogP) is 5.13. The van der Waals surface area contributed by atoms with E-state index in [4.69, 9.17) is 4.74 Å². The van der Waals surface area contributed by atoms with Crippen LogP contribution in [0.2, 0.25) is 0 Å². The van der Waals surface area contributed by atoms with E-state index in [1.807, 2.05) is 72.8 Å². The fraction of sp³-hybridized carbons (Fsp3) is 0.259. The number of nitrogens with one attached hydrogen (secondary N) is 1. The molecule has 1 heterocycles. The summed E-state index contributed by atoms with van der Waals surface area (Å²) >= 11 is 0. The van der Waals surface area contributed by atoms with Gasteiger partial charge in [0.05, 0.1) is 0 Å². The molecule has 1 atom stereocenters. The average molecular weight is 429 g/mol. The van der Waals surface area contributed by atoms with Gasteiger partial charge in [0.15, 0.2) is 0 Å². The number of para-hydroxylation sites is 2. The van der Waals surface area contributed by atoms with E-state index in [-0.39, 0.29) is 11.8 Å². The van der Waals surface area contributed by atoms with E-state index >= 15 is 0 Å². The Morgan fingerprint density at radius 3 is 2.50 bits per heavy atom. The van der Waals surface area contributed by atoms with Gasteiger partial charge in [-0.15, -0.1) is 0 Å². The molecule has 0 bridgehead atoms.